The van der Waals surface area contributed by atoms with Gasteiger partial charge in [0.1, 0.15) is 11.6 Å². The molecular weight excluding hydrogens is 506 g/mol. The predicted octanol–water partition coefficient (Wildman–Crippen LogP) is 1.22. The maximum atomic E-state index is 13.9. The molecule has 2 aromatic rings. The topological polar surface area (TPSA) is 178 Å². The molecular formula is C25H37N9O3S. The number of rotatable bonds is 5. The Balaban J connectivity index is 1.35. The number of piperidine rings is 2. The van der Waals surface area contributed by atoms with Crippen molar-refractivity contribution in [1.82, 2.24) is 29.1 Å². The van der Waals surface area contributed by atoms with Crippen LogP contribution in [-0.4, -0.2) is 88.3 Å². The van der Waals surface area contributed by atoms with Crippen LogP contribution in [0.15, 0.2) is 24.5 Å². The van der Waals surface area contributed by atoms with Crippen LogP contribution in [0, 0.1) is 23.2 Å². The number of aromatic nitrogens is 3. The fourth-order valence-electron chi connectivity index (χ4n) is 6.21. The number of nitrogens with two attached hydrogens (primary N) is 2. The van der Waals surface area contributed by atoms with Crippen molar-refractivity contribution in [3.63, 3.8) is 0 Å². The van der Waals surface area contributed by atoms with E-state index in [-0.39, 0.29) is 29.7 Å². The quantitative estimate of drug-likeness (QED) is 0.321. The summed E-state index contributed by atoms with van der Waals surface area (Å²) in [4.78, 5) is 29.9. The molecule has 3 saturated heterocycles. The molecule has 2 aromatic heterocycles. The first-order valence-electron chi connectivity index (χ1n) is 13.2. The summed E-state index contributed by atoms with van der Waals surface area (Å²) in [5.74, 6) is 1.88. The maximum absolute atomic E-state index is 13.9. The van der Waals surface area contributed by atoms with E-state index in [0.29, 0.717) is 57.3 Å². The number of hydrogen-bond donors (Lipinski definition) is 4. The first-order chi connectivity index (χ1) is 18.1. The van der Waals surface area contributed by atoms with E-state index in [1.54, 1.807) is 22.8 Å². The van der Waals surface area contributed by atoms with Crippen LogP contribution >= 0.6 is 0 Å². The Hall–Kier alpha value is -3.19. The number of guanidine groups is 1. The van der Waals surface area contributed by atoms with Gasteiger partial charge in [0.15, 0.2) is 5.96 Å². The second-order valence-electron chi connectivity index (χ2n) is 10.8. The fourth-order valence-corrected chi connectivity index (χ4v) is 7.08. The van der Waals surface area contributed by atoms with E-state index in [9.17, 15) is 13.2 Å². The van der Waals surface area contributed by atoms with Crippen molar-refractivity contribution in [3.8, 4) is 11.3 Å². The lowest BCUT2D eigenvalue weighted by Gasteiger charge is -2.35. The average molecular weight is 544 g/mol. The van der Waals surface area contributed by atoms with Gasteiger partial charge in [-0.15, -0.1) is 0 Å². The Morgan fingerprint density at radius 3 is 2.37 bits per heavy atom. The number of amides is 1. The molecule has 0 bridgehead atoms. The number of hydrogen-bond acceptors (Lipinski definition) is 7. The Morgan fingerprint density at radius 2 is 1.76 bits per heavy atom. The van der Waals surface area contributed by atoms with E-state index in [1.807, 2.05) is 15.9 Å². The molecule has 3 fully saturated rings. The highest BCUT2D eigenvalue weighted by Crippen LogP contribution is 2.42. The Bertz CT molecular complexity index is 1260. The summed E-state index contributed by atoms with van der Waals surface area (Å²) in [6.45, 7) is 2.90. The van der Waals surface area contributed by atoms with Gasteiger partial charge in [0.05, 0.1) is 24.2 Å². The second kappa shape index (κ2) is 10.5. The van der Waals surface area contributed by atoms with Crippen LogP contribution in [0.5, 0.6) is 0 Å². The van der Waals surface area contributed by atoms with E-state index >= 15 is 0 Å². The fraction of sp³-hybridized carbons (Fsp3) is 0.600. The number of pyridine rings is 1. The third-order valence-corrected chi connectivity index (χ3v) is 9.75. The van der Waals surface area contributed by atoms with Crippen molar-refractivity contribution >= 4 is 27.7 Å². The summed E-state index contributed by atoms with van der Waals surface area (Å²) >= 11 is 0. The number of nitrogen functional groups attached to an aromatic ring is 1. The number of carbonyl (C=O) groups is 1. The minimum Gasteiger partial charge on any atom is -0.384 e. The minimum atomic E-state index is -3.19. The van der Waals surface area contributed by atoms with Gasteiger partial charge in [-0.05, 0) is 56.1 Å². The average Bonchev–Trinajstić information content (AvgIpc) is 3.56. The highest BCUT2D eigenvalue weighted by Gasteiger charge is 2.44. The van der Waals surface area contributed by atoms with Crippen LogP contribution in [0.3, 0.4) is 0 Å². The molecule has 0 saturated carbocycles. The van der Waals surface area contributed by atoms with Crippen molar-refractivity contribution in [1.29, 1.82) is 5.41 Å². The van der Waals surface area contributed by atoms with Crippen molar-refractivity contribution in [2.45, 2.75) is 38.1 Å². The third-order valence-electron chi connectivity index (χ3n) is 8.44. The van der Waals surface area contributed by atoms with E-state index < -0.39 is 10.0 Å². The number of imidazole rings is 1. The number of sulfonamides is 1. The molecule has 2 atom stereocenters. The third kappa shape index (κ3) is 5.48. The zero-order valence-electron chi connectivity index (χ0n) is 21.7. The lowest BCUT2D eigenvalue weighted by molar-refractivity contribution is -0.138. The number of aromatic amines is 1. The summed E-state index contributed by atoms with van der Waals surface area (Å²) in [6, 6.07) is 3.45. The van der Waals surface area contributed by atoms with Crippen molar-refractivity contribution in [2.75, 3.05) is 44.7 Å². The van der Waals surface area contributed by atoms with Crippen LogP contribution < -0.4 is 11.5 Å². The van der Waals surface area contributed by atoms with Gasteiger partial charge in [-0.3, -0.25) is 10.2 Å². The number of H-pyrrole nitrogens is 1. The van der Waals surface area contributed by atoms with Crippen molar-refractivity contribution in [3.05, 3.63) is 30.4 Å². The van der Waals surface area contributed by atoms with Gasteiger partial charge in [0.25, 0.3) is 0 Å². The van der Waals surface area contributed by atoms with Crippen molar-refractivity contribution in [2.24, 2.45) is 23.5 Å². The normalized spacial score (nSPS) is 24.1. The van der Waals surface area contributed by atoms with Gasteiger partial charge in [0, 0.05) is 50.4 Å². The lowest BCUT2D eigenvalue weighted by atomic mass is 9.83. The van der Waals surface area contributed by atoms with E-state index in [4.69, 9.17) is 16.9 Å². The molecule has 0 aromatic carbocycles. The maximum Gasteiger partial charge on any atom is 0.226 e. The van der Waals surface area contributed by atoms with Crippen LogP contribution in [0.25, 0.3) is 11.3 Å². The predicted molar refractivity (Wildman–Crippen MR) is 144 cm³/mol. The van der Waals surface area contributed by atoms with E-state index in [1.165, 1.54) is 6.26 Å². The molecule has 5 rings (SSSR count). The summed E-state index contributed by atoms with van der Waals surface area (Å²) in [7, 11) is -3.19. The molecule has 13 heteroatoms. The van der Waals surface area contributed by atoms with Crippen LogP contribution in [0.1, 0.15) is 44.0 Å². The molecule has 6 N–H and O–H groups in total. The number of anilines is 1. The van der Waals surface area contributed by atoms with Gasteiger partial charge in [-0.25, -0.2) is 22.7 Å². The minimum absolute atomic E-state index is 0.0516. The Morgan fingerprint density at radius 1 is 1.05 bits per heavy atom. The van der Waals surface area contributed by atoms with Gasteiger partial charge in [-0.2, -0.15) is 0 Å². The molecule has 12 nitrogen and oxygen atoms in total. The molecule has 38 heavy (non-hydrogen) atoms. The number of nitrogens with one attached hydrogen (secondary N) is 2. The first kappa shape index (κ1) is 26.4. The van der Waals surface area contributed by atoms with Crippen LogP contribution in [-0.2, 0) is 14.8 Å². The van der Waals surface area contributed by atoms with Crippen molar-refractivity contribution < 1.29 is 13.2 Å². The lowest BCUT2D eigenvalue weighted by Crippen LogP contribution is -2.46. The second-order valence-corrected chi connectivity index (χ2v) is 12.8. The molecule has 3 aliphatic heterocycles. The van der Waals surface area contributed by atoms with Gasteiger partial charge in [-0.1, -0.05) is 0 Å². The van der Waals surface area contributed by atoms with Gasteiger partial charge >= 0.3 is 0 Å². The molecule has 0 aliphatic carbocycles. The zero-order valence-corrected chi connectivity index (χ0v) is 22.5. The number of carbonyl (C=O) groups excluding carboxylic acids is 1. The number of likely N-dealkylation sites (tertiary alicyclic amines) is 2. The highest BCUT2D eigenvalue weighted by atomic mass is 32.2. The monoisotopic (exact) mass is 543 g/mol. The number of nitrogens with zero attached hydrogens (tertiary/aromatic N) is 5. The first-order valence-corrected chi connectivity index (χ1v) is 15.1. The largest absolute Gasteiger partial charge is 0.384 e. The summed E-state index contributed by atoms with van der Waals surface area (Å²) in [6.07, 6.45) is 8.45. The molecule has 0 radical (unpaired) electrons. The SMILES string of the molecule is CS(=O)(=O)N1CCC(C2C[C@@H](c3ncc(-c4ccc(N)nc4)[nH]3)N(C(=O)C3CCN(C(=N)N)CC3)C2)CC1. The summed E-state index contributed by atoms with van der Waals surface area (Å²) < 4.78 is 25.5. The zero-order chi connectivity index (χ0) is 27.0. The van der Waals surface area contributed by atoms with Gasteiger partial charge in [0.2, 0.25) is 15.9 Å². The molecule has 206 valence electrons. The molecule has 0 spiro atoms. The molecule has 1 amide bonds. The highest BCUT2D eigenvalue weighted by molar-refractivity contribution is 7.88. The van der Waals surface area contributed by atoms with E-state index in [0.717, 1.165) is 36.3 Å². The van der Waals surface area contributed by atoms with Crippen LogP contribution in [0.2, 0.25) is 0 Å². The standard InChI is InChI=1S/C25H37N9O3S/c1-38(36,37)33-10-6-16(7-11-33)19-12-21(23-30-14-20(31-23)18-2-3-22(26)29-13-18)34(15-19)24(35)17-4-8-32(9-5-17)25(27)28/h2-3,13-14,16-17,19,21H,4-12,15H2,1H3,(H2,26,29)(H3,27,28)(H,30,31)/t19?,21-/m0/s1. The Kier molecular flexibility index (Phi) is 7.32. The smallest absolute Gasteiger partial charge is 0.226 e. The van der Waals surface area contributed by atoms with E-state index in [2.05, 4.69) is 15.0 Å². The van der Waals surface area contributed by atoms with Crippen LogP contribution in [0.4, 0.5) is 5.82 Å². The summed E-state index contributed by atoms with van der Waals surface area (Å²) in [5, 5.41) is 7.69. The summed E-state index contributed by atoms with van der Waals surface area (Å²) in [5.41, 5.74) is 13.1. The molecule has 5 heterocycles. The van der Waals surface area contributed by atoms with Gasteiger partial charge < -0.3 is 26.3 Å². The Labute approximate surface area is 223 Å². The molecule has 1 unspecified atom stereocenters. The molecule has 3 aliphatic rings.